The zero-order valence-electron chi connectivity index (χ0n) is 11.8. The lowest BCUT2D eigenvalue weighted by Gasteiger charge is -2.13. The van der Waals surface area contributed by atoms with Crippen molar-refractivity contribution in [2.24, 2.45) is 0 Å². The van der Waals surface area contributed by atoms with Crippen LogP contribution >= 0.6 is 23.2 Å². The predicted molar refractivity (Wildman–Crippen MR) is 86.0 cm³/mol. The average Bonchev–Trinajstić information content (AvgIpc) is 2.50. The number of halogens is 2. The quantitative estimate of drug-likeness (QED) is 0.727. The summed E-state index contributed by atoms with van der Waals surface area (Å²) in [5, 5.41) is 21.4. The van der Waals surface area contributed by atoms with Crippen molar-refractivity contribution in [1.82, 2.24) is 0 Å². The number of carbonyl (C=O) groups is 2. The first kappa shape index (κ1) is 16.9. The molecule has 2 aromatic rings. The summed E-state index contributed by atoms with van der Waals surface area (Å²) in [5.41, 5.74) is -0.0830. The molecule has 0 aliphatic heterocycles. The molecule has 6 nitrogen and oxygen atoms in total. The molecule has 0 spiro atoms. The standard InChI is InChI=1S/C15H11Cl2NO5/c1-23-13-9(17)4-3-8(16)12(13)14(20)18-10-5-2-7(15(21)22)6-11(10)19/h2-6,19H,1H3,(H,18,20)(H,21,22). The fourth-order valence-electron chi connectivity index (χ4n) is 1.90. The zero-order chi connectivity index (χ0) is 17.1. The minimum Gasteiger partial charge on any atom is -0.506 e. The van der Waals surface area contributed by atoms with Gasteiger partial charge in [0.1, 0.15) is 11.3 Å². The molecule has 0 heterocycles. The number of methoxy groups -OCH3 is 1. The summed E-state index contributed by atoms with van der Waals surface area (Å²) >= 11 is 12.0. The maximum atomic E-state index is 12.4. The highest BCUT2D eigenvalue weighted by Gasteiger charge is 2.20. The van der Waals surface area contributed by atoms with Gasteiger partial charge < -0.3 is 20.3 Å². The Labute approximate surface area is 141 Å². The second-order valence-electron chi connectivity index (χ2n) is 4.43. The van der Waals surface area contributed by atoms with Crippen molar-refractivity contribution in [2.75, 3.05) is 12.4 Å². The van der Waals surface area contributed by atoms with Crippen molar-refractivity contribution in [3.05, 3.63) is 51.5 Å². The topological polar surface area (TPSA) is 95.9 Å². The molecule has 0 aromatic heterocycles. The number of carbonyl (C=O) groups excluding carboxylic acids is 1. The van der Waals surface area contributed by atoms with E-state index in [0.29, 0.717) is 0 Å². The van der Waals surface area contributed by atoms with Crippen molar-refractivity contribution in [2.45, 2.75) is 0 Å². The zero-order valence-corrected chi connectivity index (χ0v) is 13.3. The maximum Gasteiger partial charge on any atom is 0.335 e. The number of phenols is 1. The fourth-order valence-corrected chi connectivity index (χ4v) is 2.37. The minimum atomic E-state index is -1.20. The van der Waals surface area contributed by atoms with Gasteiger partial charge in [-0.25, -0.2) is 4.79 Å². The number of ether oxygens (including phenoxy) is 1. The van der Waals surface area contributed by atoms with Crippen LogP contribution in [0.4, 0.5) is 5.69 Å². The molecule has 0 unspecified atom stereocenters. The van der Waals surface area contributed by atoms with Gasteiger partial charge in [0.05, 0.1) is 28.4 Å². The Kier molecular flexibility index (Phi) is 4.98. The van der Waals surface area contributed by atoms with Crippen LogP contribution in [0.2, 0.25) is 10.0 Å². The summed E-state index contributed by atoms with van der Waals surface area (Å²) in [4.78, 5) is 23.2. The SMILES string of the molecule is COc1c(Cl)ccc(Cl)c1C(=O)Nc1ccc(C(=O)O)cc1O. The number of hydrogen-bond donors (Lipinski definition) is 3. The van der Waals surface area contributed by atoms with Gasteiger partial charge in [0.25, 0.3) is 5.91 Å². The molecule has 0 aliphatic carbocycles. The molecule has 0 atom stereocenters. The molecule has 23 heavy (non-hydrogen) atoms. The number of nitrogens with one attached hydrogen (secondary N) is 1. The number of hydrogen-bond acceptors (Lipinski definition) is 4. The first-order valence-corrected chi connectivity index (χ1v) is 7.00. The third-order valence-corrected chi connectivity index (χ3v) is 3.60. The van der Waals surface area contributed by atoms with E-state index in [-0.39, 0.29) is 32.6 Å². The molecule has 0 bridgehead atoms. The molecule has 0 aliphatic rings. The van der Waals surface area contributed by atoms with Crippen LogP contribution in [-0.4, -0.2) is 29.2 Å². The second kappa shape index (κ2) is 6.76. The van der Waals surface area contributed by atoms with E-state index in [1.807, 2.05) is 0 Å². The predicted octanol–water partition coefficient (Wildman–Crippen LogP) is 3.66. The van der Waals surface area contributed by atoms with Crippen LogP contribution < -0.4 is 10.1 Å². The van der Waals surface area contributed by atoms with Crippen LogP contribution in [0.3, 0.4) is 0 Å². The van der Waals surface area contributed by atoms with Gasteiger partial charge in [0.15, 0.2) is 5.75 Å². The van der Waals surface area contributed by atoms with E-state index in [1.54, 1.807) is 0 Å². The number of anilines is 1. The Morgan fingerprint density at radius 1 is 1.13 bits per heavy atom. The highest BCUT2D eigenvalue weighted by Crippen LogP contribution is 2.35. The summed E-state index contributed by atoms with van der Waals surface area (Å²) in [7, 11) is 1.34. The van der Waals surface area contributed by atoms with Crippen LogP contribution in [0.5, 0.6) is 11.5 Å². The van der Waals surface area contributed by atoms with Gasteiger partial charge in [-0.05, 0) is 30.3 Å². The lowest BCUT2D eigenvalue weighted by molar-refractivity contribution is 0.0696. The van der Waals surface area contributed by atoms with E-state index >= 15 is 0 Å². The summed E-state index contributed by atoms with van der Waals surface area (Å²) in [6.45, 7) is 0. The van der Waals surface area contributed by atoms with Gasteiger partial charge >= 0.3 is 5.97 Å². The average molecular weight is 356 g/mol. The van der Waals surface area contributed by atoms with Gasteiger partial charge in [-0.2, -0.15) is 0 Å². The fraction of sp³-hybridized carbons (Fsp3) is 0.0667. The highest BCUT2D eigenvalue weighted by atomic mass is 35.5. The second-order valence-corrected chi connectivity index (χ2v) is 5.24. The number of benzene rings is 2. The van der Waals surface area contributed by atoms with Crippen LogP contribution in [0.15, 0.2) is 30.3 Å². The number of carboxylic acids is 1. The number of aromatic carboxylic acids is 1. The van der Waals surface area contributed by atoms with Crippen LogP contribution in [0.25, 0.3) is 0 Å². The maximum absolute atomic E-state index is 12.4. The third-order valence-electron chi connectivity index (χ3n) is 2.98. The summed E-state index contributed by atoms with van der Waals surface area (Å²) < 4.78 is 5.08. The van der Waals surface area contributed by atoms with E-state index in [4.69, 9.17) is 33.0 Å². The van der Waals surface area contributed by atoms with Crippen molar-refractivity contribution >= 4 is 40.8 Å². The Bertz CT molecular complexity index is 792. The Balaban J connectivity index is 2.37. The normalized spacial score (nSPS) is 10.2. The molecule has 120 valence electrons. The van der Waals surface area contributed by atoms with Crippen LogP contribution in [0, 0.1) is 0 Å². The number of phenolic OH excluding ortho intramolecular Hbond substituents is 1. The van der Waals surface area contributed by atoms with Gasteiger partial charge in [-0.1, -0.05) is 23.2 Å². The molecule has 0 radical (unpaired) electrons. The van der Waals surface area contributed by atoms with Crippen molar-refractivity contribution in [3.63, 3.8) is 0 Å². The molecule has 3 N–H and O–H groups in total. The molecule has 2 rings (SSSR count). The Morgan fingerprint density at radius 2 is 1.78 bits per heavy atom. The van der Waals surface area contributed by atoms with Gasteiger partial charge in [-0.15, -0.1) is 0 Å². The molecule has 2 aromatic carbocycles. The molecule has 8 heteroatoms. The van der Waals surface area contributed by atoms with E-state index in [1.165, 1.54) is 31.4 Å². The number of amides is 1. The first-order valence-electron chi connectivity index (χ1n) is 6.24. The Hall–Kier alpha value is -2.44. The van der Waals surface area contributed by atoms with Crippen molar-refractivity contribution < 1.29 is 24.5 Å². The van der Waals surface area contributed by atoms with E-state index < -0.39 is 17.6 Å². The first-order chi connectivity index (χ1) is 10.8. The summed E-state index contributed by atoms with van der Waals surface area (Å²) in [6.07, 6.45) is 0. The van der Waals surface area contributed by atoms with E-state index in [0.717, 1.165) is 6.07 Å². The minimum absolute atomic E-state index is 0.00313. The van der Waals surface area contributed by atoms with Crippen molar-refractivity contribution in [3.8, 4) is 11.5 Å². The lowest BCUT2D eigenvalue weighted by Crippen LogP contribution is -2.14. The number of rotatable bonds is 4. The molecular formula is C15H11Cl2NO5. The lowest BCUT2D eigenvalue weighted by atomic mass is 10.1. The molecule has 0 saturated carbocycles. The van der Waals surface area contributed by atoms with Crippen molar-refractivity contribution in [1.29, 1.82) is 0 Å². The molecular weight excluding hydrogens is 345 g/mol. The molecule has 0 saturated heterocycles. The third kappa shape index (κ3) is 3.49. The Morgan fingerprint density at radius 3 is 2.35 bits per heavy atom. The van der Waals surface area contributed by atoms with E-state index in [9.17, 15) is 14.7 Å². The van der Waals surface area contributed by atoms with Gasteiger partial charge in [0.2, 0.25) is 0 Å². The molecule has 1 amide bonds. The number of aromatic hydroxyl groups is 1. The monoisotopic (exact) mass is 355 g/mol. The smallest absolute Gasteiger partial charge is 0.335 e. The highest BCUT2D eigenvalue weighted by molar-refractivity contribution is 6.37. The van der Waals surface area contributed by atoms with Crippen LogP contribution in [-0.2, 0) is 0 Å². The number of carboxylic acid groups (broad SMARTS) is 1. The van der Waals surface area contributed by atoms with Gasteiger partial charge in [0, 0.05) is 0 Å². The van der Waals surface area contributed by atoms with E-state index in [2.05, 4.69) is 5.32 Å². The largest absolute Gasteiger partial charge is 0.506 e. The van der Waals surface area contributed by atoms with Gasteiger partial charge in [-0.3, -0.25) is 4.79 Å². The summed E-state index contributed by atoms with van der Waals surface area (Å²) in [5.74, 6) is -2.15. The van der Waals surface area contributed by atoms with Crippen LogP contribution in [0.1, 0.15) is 20.7 Å². The summed E-state index contributed by atoms with van der Waals surface area (Å²) in [6, 6.07) is 6.46. The molecule has 0 fully saturated rings.